The molecule has 1 aromatic rings. The van der Waals surface area contributed by atoms with Crippen LogP contribution in [-0.2, 0) is 20.7 Å². The van der Waals surface area contributed by atoms with Crippen molar-refractivity contribution >= 4 is 17.6 Å². The molecule has 2 N–H and O–H groups in total. The minimum absolute atomic E-state index is 0.0388. The summed E-state index contributed by atoms with van der Waals surface area (Å²) in [5, 5.41) is 11.6. The third-order valence-corrected chi connectivity index (χ3v) is 3.06. The molecule has 0 aliphatic rings. The van der Waals surface area contributed by atoms with Crippen LogP contribution in [0.5, 0.6) is 0 Å². The molecule has 0 saturated carbocycles. The van der Waals surface area contributed by atoms with Crippen LogP contribution in [-0.4, -0.2) is 30.7 Å². The van der Waals surface area contributed by atoms with Crippen molar-refractivity contribution in [2.75, 3.05) is 19.0 Å². The number of carboxylic acids is 1. The molecule has 0 fully saturated rings. The van der Waals surface area contributed by atoms with Crippen molar-refractivity contribution < 1.29 is 19.4 Å². The summed E-state index contributed by atoms with van der Waals surface area (Å²) >= 11 is 0. The van der Waals surface area contributed by atoms with Gasteiger partial charge in [0.15, 0.2) is 0 Å². The maximum absolute atomic E-state index is 12.0. The molecule has 108 valence electrons. The van der Waals surface area contributed by atoms with Gasteiger partial charge in [0.1, 0.15) is 0 Å². The Labute approximate surface area is 118 Å². The molecule has 0 atom stereocenters. The van der Waals surface area contributed by atoms with E-state index in [1.807, 2.05) is 18.2 Å². The Morgan fingerprint density at radius 1 is 1.20 bits per heavy atom. The number of anilines is 1. The van der Waals surface area contributed by atoms with Crippen LogP contribution in [0.1, 0.15) is 19.4 Å². The molecular formula is C15H19NO4. The van der Waals surface area contributed by atoms with E-state index in [1.54, 1.807) is 13.2 Å². The van der Waals surface area contributed by atoms with Gasteiger partial charge in [0.2, 0.25) is 0 Å². The second kappa shape index (κ2) is 7.45. The van der Waals surface area contributed by atoms with Crippen LogP contribution in [0.4, 0.5) is 5.69 Å². The molecular weight excluding hydrogens is 258 g/mol. The summed E-state index contributed by atoms with van der Waals surface area (Å²) in [6, 6.07) is 7.38. The third kappa shape index (κ3) is 4.20. The number of hydrogen-bond acceptors (Lipinski definition) is 3. The van der Waals surface area contributed by atoms with Gasteiger partial charge < -0.3 is 15.2 Å². The van der Waals surface area contributed by atoms with Crippen LogP contribution in [0.15, 0.2) is 35.4 Å². The van der Waals surface area contributed by atoms with Crippen molar-refractivity contribution in [3.05, 3.63) is 41.0 Å². The lowest BCUT2D eigenvalue weighted by molar-refractivity contribution is -0.133. The standard InChI is InChI=1S/C15H19NO4/c1-10(11(2)15(18)19)14(17)16-13-7-5-4-6-12(13)8-9-20-3/h4-7H,8-9H2,1-3H3,(H,16,17)(H,18,19)/b11-10-. The van der Waals surface area contributed by atoms with Gasteiger partial charge >= 0.3 is 5.97 Å². The van der Waals surface area contributed by atoms with Crippen molar-refractivity contribution in [1.29, 1.82) is 0 Å². The van der Waals surface area contributed by atoms with Crippen LogP contribution in [0.3, 0.4) is 0 Å². The van der Waals surface area contributed by atoms with Crippen molar-refractivity contribution in [1.82, 2.24) is 0 Å². The van der Waals surface area contributed by atoms with Crippen LogP contribution in [0.25, 0.3) is 0 Å². The zero-order chi connectivity index (χ0) is 15.1. The number of aliphatic carboxylic acids is 1. The molecule has 5 nitrogen and oxygen atoms in total. The molecule has 5 heteroatoms. The second-order valence-corrected chi connectivity index (χ2v) is 4.41. The summed E-state index contributed by atoms with van der Waals surface area (Å²) in [6.07, 6.45) is 0.674. The summed E-state index contributed by atoms with van der Waals surface area (Å²) in [6.45, 7) is 3.46. The zero-order valence-corrected chi connectivity index (χ0v) is 11.9. The molecule has 0 spiro atoms. The Balaban J connectivity index is 2.91. The molecule has 20 heavy (non-hydrogen) atoms. The molecule has 0 aliphatic carbocycles. The predicted molar refractivity (Wildman–Crippen MR) is 76.7 cm³/mol. The van der Waals surface area contributed by atoms with Crippen molar-refractivity contribution in [3.8, 4) is 0 Å². The summed E-state index contributed by atoms with van der Waals surface area (Å²) in [5.41, 5.74) is 1.85. The first-order valence-corrected chi connectivity index (χ1v) is 6.26. The summed E-state index contributed by atoms with van der Waals surface area (Å²) < 4.78 is 5.02. The molecule has 0 heterocycles. The van der Waals surface area contributed by atoms with Gasteiger partial charge in [0.05, 0.1) is 6.61 Å². The Morgan fingerprint density at radius 2 is 1.85 bits per heavy atom. The molecule has 0 saturated heterocycles. The van der Waals surface area contributed by atoms with Gasteiger partial charge in [-0.25, -0.2) is 4.79 Å². The minimum Gasteiger partial charge on any atom is -0.478 e. The zero-order valence-electron chi connectivity index (χ0n) is 11.9. The number of nitrogens with one attached hydrogen (secondary N) is 1. The fraction of sp³-hybridized carbons (Fsp3) is 0.333. The van der Waals surface area contributed by atoms with Gasteiger partial charge in [-0.15, -0.1) is 0 Å². The first-order valence-electron chi connectivity index (χ1n) is 6.26. The van der Waals surface area contributed by atoms with E-state index < -0.39 is 11.9 Å². The van der Waals surface area contributed by atoms with E-state index in [0.29, 0.717) is 18.7 Å². The van der Waals surface area contributed by atoms with Gasteiger partial charge in [0, 0.05) is 23.9 Å². The van der Waals surface area contributed by atoms with Crippen molar-refractivity contribution in [3.63, 3.8) is 0 Å². The SMILES string of the molecule is COCCc1ccccc1NC(=O)/C(C)=C(/C)C(=O)O. The van der Waals surface area contributed by atoms with Crippen molar-refractivity contribution in [2.45, 2.75) is 20.3 Å². The van der Waals surface area contributed by atoms with Crippen LogP contribution in [0.2, 0.25) is 0 Å². The highest BCUT2D eigenvalue weighted by atomic mass is 16.5. The summed E-state index contributed by atoms with van der Waals surface area (Å²) in [4.78, 5) is 22.9. The number of amides is 1. The molecule has 0 aliphatic heterocycles. The predicted octanol–water partition coefficient (Wildman–Crippen LogP) is 2.23. The highest BCUT2D eigenvalue weighted by molar-refractivity contribution is 6.08. The molecule has 0 unspecified atom stereocenters. The number of rotatable bonds is 6. The normalized spacial score (nSPS) is 11.8. The largest absolute Gasteiger partial charge is 0.478 e. The van der Waals surface area contributed by atoms with Gasteiger partial charge in [0.25, 0.3) is 5.91 Å². The number of hydrogen-bond donors (Lipinski definition) is 2. The Morgan fingerprint density at radius 3 is 2.45 bits per heavy atom. The van der Waals surface area contributed by atoms with E-state index in [9.17, 15) is 9.59 Å². The fourth-order valence-electron chi connectivity index (χ4n) is 1.62. The highest BCUT2D eigenvalue weighted by Crippen LogP contribution is 2.17. The van der Waals surface area contributed by atoms with E-state index >= 15 is 0 Å². The number of carboxylic acid groups (broad SMARTS) is 1. The Bertz CT molecular complexity index is 534. The fourth-order valence-corrected chi connectivity index (χ4v) is 1.62. The lowest BCUT2D eigenvalue weighted by atomic mass is 10.1. The van der Waals surface area contributed by atoms with Gasteiger partial charge in [-0.2, -0.15) is 0 Å². The van der Waals surface area contributed by atoms with Gasteiger partial charge in [-0.3, -0.25) is 4.79 Å². The van der Waals surface area contributed by atoms with E-state index in [4.69, 9.17) is 9.84 Å². The van der Waals surface area contributed by atoms with Gasteiger partial charge in [-0.05, 0) is 31.9 Å². The average Bonchev–Trinajstić information content (AvgIpc) is 2.44. The maximum Gasteiger partial charge on any atom is 0.331 e. The smallest absolute Gasteiger partial charge is 0.331 e. The maximum atomic E-state index is 12.0. The molecule has 0 aromatic heterocycles. The van der Waals surface area contributed by atoms with Crippen LogP contribution in [0, 0.1) is 0 Å². The average molecular weight is 277 g/mol. The summed E-state index contributed by atoms with van der Waals surface area (Å²) in [7, 11) is 1.62. The van der Waals surface area contributed by atoms with E-state index in [1.165, 1.54) is 13.8 Å². The molecule has 0 radical (unpaired) electrons. The van der Waals surface area contributed by atoms with Gasteiger partial charge in [-0.1, -0.05) is 18.2 Å². The molecule has 1 amide bonds. The van der Waals surface area contributed by atoms with E-state index in [0.717, 1.165) is 5.56 Å². The number of para-hydroxylation sites is 1. The number of methoxy groups -OCH3 is 1. The second-order valence-electron chi connectivity index (χ2n) is 4.41. The third-order valence-electron chi connectivity index (χ3n) is 3.06. The number of ether oxygens (including phenoxy) is 1. The molecule has 1 aromatic carbocycles. The first-order chi connectivity index (χ1) is 9.47. The van der Waals surface area contributed by atoms with Crippen molar-refractivity contribution in [2.24, 2.45) is 0 Å². The molecule has 1 rings (SSSR count). The van der Waals surface area contributed by atoms with Crippen LogP contribution < -0.4 is 5.32 Å². The van der Waals surface area contributed by atoms with E-state index in [2.05, 4.69) is 5.32 Å². The minimum atomic E-state index is -1.09. The topological polar surface area (TPSA) is 75.6 Å². The number of carbonyl (C=O) groups excluding carboxylic acids is 1. The highest BCUT2D eigenvalue weighted by Gasteiger charge is 2.13. The Hall–Kier alpha value is -2.14. The lowest BCUT2D eigenvalue weighted by Gasteiger charge is -2.11. The number of carbonyl (C=O) groups is 2. The first kappa shape index (κ1) is 15.9. The summed E-state index contributed by atoms with van der Waals surface area (Å²) in [5.74, 6) is -1.50. The quantitative estimate of drug-likeness (QED) is 0.782. The van der Waals surface area contributed by atoms with E-state index in [-0.39, 0.29) is 11.1 Å². The lowest BCUT2D eigenvalue weighted by Crippen LogP contribution is -2.17. The molecule has 0 bridgehead atoms. The number of benzene rings is 1. The van der Waals surface area contributed by atoms with Crippen LogP contribution >= 0.6 is 0 Å². The Kier molecular flexibility index (Phi) is 5.93. The monoisotopic (exact) mass is 277 g/mol.